The summed E-state index contributed by atoms with van der Waals surface area (Å²) in [6.07, 6.45) is 3.38. The molecule has 1 amide bonds. The maximum atomic E-state index is 12.5. The molecule has 1 aromatic carbocycles. The number of carbonyl (C=O) groups is 1. The van der Waals surface area contributed by atoms with Gasteiger partial charge in [-0.25, -0.2) is 0 Å². The summed E-state index contributed by atoms with van der Waals surface area (Å²) in [6, 6.07) is 10.5. The van der Waals surface area contributed by atoms with E-state index < -0.39 is 0 Å². The molecule has 2 N–H and O–H groups in total. The van der Waals surface area contributed by atoms with Crippen molar-refractivity contribution in [3.8, 4) is 22.8 Å². The van der Waals surface area contributed by atoms with E-state index in [4.69, 9.17) is 9.47 Å². The van der Waals surface area contributed by atoms with Crippen LogP contribution in [0.15, 0.2) is 48.8 Å². The van der Waals surface area contributed by atoms with Gasteiger partial charge in [0.2, 0.25) is 0 Å². The highest BCUT2D eigenvalue weighted by atomic mass is 16.5. The van der Waals surface area contributed by atoms with Gasteiger partial charge in [0.1, 0.15) is 11.5 Å². The normalized spacial score (nSPS) is 10.2. The van der Waals surface area contributed by atoms with E-state index in [0.717, 1.165) is 11.3 Å². The van der Waals surface area contributed by atoms with Crippen LogP contribution in [0.25, 0.3) is 11.3 Å². The lowest BCUT2D eigenvalue weighted by molar-refractivity contribution is 0.102. The number of ether oxygens (including phenoxy) is 2. The molecule has 2 aromatic heterocycles. The number of aromatic amines is 1. The molecule has 0 unspecified atom stereocenters. The summed E-state index contributed by atoms with van der Waals surface area (Å²) in [7, 11) is 3.05. The first-order chi connectivity index (χ1) is 11.7. The zero-order valence-electron chi connectivity index (χ0n) is 13.2. The molecule has 0 saturated heterocycles. The average molecular weight is 324 g/mol. The first kappa shape index (κ1) is 15.5. The van der Waals surface area contributed by atoms with Crippen molar-refractivity contribution in [1.29, 1.82) is 0 Å². The predicted octanol–water partition coefficient (Wildman–Crippen LogP) is 2.74. The highest BCUT2D eigenvalue weighted by Gasteiger charge is 2.15. The minimum absolute atomic E-state index is 0.335. The van der Waals surface area contributed by atoms with Gasteiger partial charge in [0.15, 0.2) is 5.82 Å². The van der Waals surface area contributed by atoms with Gasteiger partial charge in [0.05, 0.1) is 25.5 Å². The number of hydrogen-bond donors (Lipinski definition) is 2. The number of nitrogens with zero attached hydrogens (tertiary/aromatic N) is 2. The summed E-state index contributed by atoms with van der Waals surface area (Å²) in [5.41, 5.74) is 2.08. The lowest BCUT2D eigenvalue weighted by Crippen LogP contribution is -2.13. The van der Waals surface area contributed by atoms with Gasteiger partial charge >= 0.3 is 0 Å². The maximum Gasteiger partial charge on any atom is 0.260 e. The van der Waals surface area contributed by atoms with Crippen LogP contribution in [0.5, 0.6) is 11.5 Å². The first-order valence-electron chi connectivity index (χ1n) is 7.20. The molecule has 0 aliphatic carbocycles. The van der Waals surface area contributed by atoms with Gasteiger partial charge in [0.25, 0.3) is 5.91 Å². The van der Waals surface area contributed by atoms with Crippen molar-refractivity contribution in [2.75, 3.05) is 19.5 Å². The van der Waals surface area contributed by atoms with Crippen molar-refractivity contribution < 1.29 is 14.3 Å². The maximum absolute atomic E-state index is 12.5. The largest absolute Gasteiger partial charge is 0.497 e. The minimum Gasteiger partial charge on any atom is -0.497 e. The van der Waals surface area contributed by atoms with Crippen LogP contribution in [-0.2, 0) is 0 Å². The number of amides is 1. The Bertz CT molecular complexity index is 846. The number of H-pyrrole nitrogens is 1. The summed E-state index contributed by atoms with van der Waals surface area (Å²) in [5, 5.41) is 9.73. The van der Waals surface area contributed by atoms with Crippen molar-refractivity contribution in [3.05, 3.63) is 54.4 Å². The fourth-order valence-corrected chi connectivity index (χ4v) is 2.24. The number of methoxy groups -OCH3 is 2. The number of hydrogen-bond acceptors (Lipinski definition) is 5. The fraction of sp³-hybridized carbons (Fsp3) is 0.118. The van der Waals surface area contributed by atoms with Crippen molar-refractivity contribution in [1.82, 2.24) is 15.2 Å². The second kappa shape index (κ2) is 6.82. The first-order valence-corrected chi connectivity index (χ1v) is 7.20. The van der Waals surface area contributed by atoms with E-state index in [-0.39, 0.29) is 5.91 Å². The summed E-state index contributed by atoms with van der Waals surface area (Å²) in [5.74, 6) is 1.11. The Morgan fingerprint density at radius 2 is 1.88 bits per heavy atom. The van der Waals surface area contributed by atoms with E-state index in [9.17, 15) is 4.79 Å². The van der Waals surface area contributed by atoms with Gasteiger partial charge in [0, 0.05) is 24.0 Å². The molecule has 0 bridgehead atoms. The minimum atomic E-state index is -0.335. The van der Waals surface area contributed by atoms with Gasteiger partial charge in [-0.05, 0) is 30.3 Å². The molecule has 3 aromatic rings. The lowest BCUT2D eigenvalue weighted by atomic mass is 10.1. The Labute approximate surface area is 138 Å². The van der Waals surface area contributed by atoms with Crippen LogP contribution in [-0.4, -0.2) is 35.3 Å². The number of benzene rings is 1. The van der Waals surface area contributed by atoms with Crippen molar-refractivity contribution >= 4 is 11.7 Å². The number of pyridine rings is 1. The van der Waals surface area contributed by atoms with E-state index in [1.807, 2.05) is 12.1 Å². The summed E-state index contributed by atoms with van der Waals surface area (Å²) < 4.78 is 10.4. The van der Waals surface area contributed by atoms with Crippen molar-refractivity contribution in [2.24, 2.45) is 0 Å². The van der Waals surface area contributed by atoms with E-state index in [0.29, 0.717) is 22.9 Å². The standard InChI is InChI=1S/C17H16N4O3/c1-23-12-3-4-15(24-2)13(9-12)17(22)19-16-10-14(20-21-16)11-5-7-18-8-6-11/h3-10H,1-2H3,(H2,19,20,21,22). The smallest absolute Gasteiger partial charge is 0.260 e. The molecule has 0 aliphatic rings. The molecule has 0 atom stereocenters. The fourth-order valence-electron chi connectivity index (χ4n) is 2.24. The van der Waals surface area contributed by atoms with Gasteiger partial charge in [-0.2, -0.15) is 5.10 Å². The molecule has 0 radical (unpaired) electrons. The molecular weight excluding hydrogens is 308 g/mol. The zero-order chi connectivity index (χ0) is 16.9. The second-order valence-electron chi connectivity index (χ2n) is 4.92. The topological polar surface area (TPSA) is 89.1 Å². The van der Waals surface area contributed by atoms with E-state index in [2.05, 4.69) is 20.5 Å². The van der Waals surface area contributed by atoms with Crippen molar-refractivity contribution in [2.45, 2.75) is 0 Å². The molecule has 0 saturated carbocycles. The summed E-state index contributed by atoms with van der Waals surface area (Å²) in [4.78, 5) is 16.5. The Morgan fingerprint density at radius 3 is 2.58 bits per heavy atom. The molecule has 0 spiro atoms. The molecule has 3 rings (SSSR count). The SMILES string of the molecule is COc1ccc(OC)c(C(=O)Nc2cc(-c3ccncc3)[nH]n2)c1. The number of nitrogens with one attached hydrogen (secondary N) is 2. The summed E-state index contributed by atoms with van der Waals surface area (Å²) >= 11 is 0. The highest BCUT2D eigenvalue weighted by molar-refractivity contribution is 6.06. The van der Waals surface area contributed by atoms with Crippen LogP contribution < -0.4 is 14.8 Å². The van der Waals surface area contributed by atoms with Crippen LogP contribution in [0.3, 0.4) is 0 Å². The Kier molecular flexibility index (Phi) is 4.42. The predicted molar refractivity (Wildman–Crippen MR) is 89.3 cm³/mol. The molecular formula is C17H16N4O3. The van der Waals surface area contributed by atoms with Gasteiger partial charge < -0.3 is 14.8 Å². The van der Waals surface area contributed by atoms with Crippen molar-refractivity contribution in [3.63, 3.8) is 0 Å². The number of carbonyl (C=O) groups excluding carboxylic acids is 1. The Balaban J connectivity index is 1.82. The Morgan fingerprint density at radius 1 is 1.08 bits per heavy atom. The molecule has 0 aliphatic heterocycles. The molecule has 2 heterocycles. The highest BCUT2D eigenvalue weighted by Crippen LogP contribution is 2.25. The van der Waals surface area contributed by atoms with Crippen LogP contribution in [0.2, 0.25) is 0 Å². The molecule has 122 valence electrons. The summed E-state index contributed by atoms with van der Waals surface area (Å²) in [6.45, 7) is 0. The van der Waals surface area contributed by atoms with E-state index >= 15 is 0 Å². The number of anilines is 1. The zero-order valence-corrected chi connectivity index (χ0v) is 13.2. The lowest BCUT2D eigenvalue weighted by Gasteiger charge is -2.09. The molecule has 24 heavy (non-hydrogen) atoms. The van der Waals surface area contributed by atoms with E-state index in [1.54, 1.807) is 36.7 Å². The van der Waals surface area contributed by atoms with Gasteiger partial charge in [-0.15, -0.1) is 0 Å². The monoisotopic (exact) mass is 324 g/mol. The van der Waals surface area contributed by atoms with Crippen LogP contribution in [0, 0.1) is 0 Å². The van der Waals surface area contributed by atoms with Crippen LogP contribution in [0.4, 0.5) is 5.82 Å². The molecule has 7 nitrogen and oxygen atoms in total. The number of aromatic nitrogens is 3. The molecule has 0 fully saturated rings. The average Bonchev–Trinajstić information content (AvgIpc) is 3.10. The number of rotatable bonds is 5. The third-order valence-corrected chi connectivity index (χ3v) is 3.46. The van der Waals surface area contributed by atoms with Crippen LogP contribution in [0.1, 0.15) is 10.4 Å². The second-order valence-corrected chi connectivity index (χ2v) is 4.92. The molecule has 7 heteroatoms. The van der Waals surface area contributed by atoms with Gasteiger partial charge in [-0.3, -0.25) is 14.9 Å². The van der Waals surface area contributed by atoms with Crippen LogP contribution >= 0.6 is 0 Å². The third-order valence-electron chi connectivity index (χ3n) is 3.46. The van der Waals surface area contributed by atoms with E-state index in [1.165, 1.54) is 14.2 Å². The third kappa shape index (κ3) is 3.19. The quantitative estimate of drug-likeness (QED) is 0.753. The Hall–Kier alpha value is -3.35. The van der Waals surface area contributed by atoms with Gasteiger partial charge in [-0.1, -0.05) is 0 Å².